The SMILES string of the molecule is CC(C(=O)NC(C)(C)C)N(C)CC(=O)NC(C)(C)C. The predicted molar refractivity (Wildman–Crippen MR) is 77.9 cm³/mol. The van der Waals surface area contributed by atoms with Crippen molar-refractivity contribution in [3.63, 3.8) is 0 Å². The summed E-state index contributed by atoms with van der Waals surface area (Å²) >= 11 is 0. The van der Waals surface area contributed by atoms with E-state index in [1.807, 2.05) is 41.5 Å². The molecule has 0 radical (unpaired) electrons. The van der Waals surface area contributed by atoms with Crippen LogP contribution in [0.5, 0.6) is 0 Å². The van der Waals surface area contributed by atoms with E-state index < -0.39 is 0 Å². The van der Waals surface area contributed by atoms with E-state index in [0.29, 0.717) is 0 Å². The first-order chi connectivity index (χ1) is 8.32. The normalized spacial score (nSPS) is 14.2. The molecule has 112 valence electrons. The van der Waals surface area contributed by atoms with Gasteiger partial charge in [-0.25, -0.2) is 0 Å². The third-order valence-corrected chi connectivity index (χ3v) is 2.45. The van der Waals surface area contributed by atoms with Gasteiger partial charge in [-0.2, -0.15) is 0 Å². The van der Waals surface area contributed by atoms with Crippen LogP contribution in [0.3, 0.4) is 0 Å². The van der Waals surface area contributed by atoms with Gasteiger partial charge in [0.05, 0.1) is 12.6 Å². The maximum Gasteiger partial charge on any atom is 0.237 e. The Morgan fingerprint density at radius 1 is 1.00 bits per heavy atom. The van der Waals surface area contributed by atoms with Gasteiger partial charge in [0.25, 0.3) is 0 Å². The average Bonchev–Trinajstić information content (AvgIpc) is 2.10. The minimum absolute atomic E-state index is 0.0708. The van der Waals surface area contributed by atoms with Crippen molar-refractivity contribution in [1.82, 2.24) is 15.5 Å². The number of nitrogens with one attached hydrogen (secondary N) is 2. The topological polar surface area (TPSA) is 61.4 Å². The molecular formula is C14H29N3O2. The van der Waals surface area contributed by atoms with Crippen LogP contribution in [0.15, 0.2) is 0 Å². The molecule has 5 nitrogen and oxygen atoms in total. The molecule has 0 heterocycles. The van der Waals surface area contributed by atoms with Crippen molar-refractivity contribution in [2.75, 3.05) is 13.6 Å². The largest absolute Gasteiger partial charge is 0.350 e. The van der Waals surface area contributed by atoms with Crippen LogP contribution in [-0.2, 0) is 9.59 Å². The van der Waals surface area contributed by atoms with Gasteiger partial charge in [0.15, 0.2) is 0 Å². The Bertz CT molecular complexity index is 327. The number of hydrogen-bond acceptors (Lipinski definition) is 3. The molecule has 0 aromatic heterocycles. The summed E-state index contributed by atoms with van der Waals surface area (Å²) in [5, 5.41) is 5.79. The van der Waals surface area contributed by atoms with Gasteiger partial charge in [-0.05, 0) is 55.5 Å². The third kappa shape index (κ3) is 8.59. The molecule has 2 N–H and O–H groups in total. The van der Waals surface area contributed by atoms with Crippen molar-refractivity contribution in [1.29, 1.82) is 0 Å². The fraction of sp³-hybridized carbons (Fsp3) is 0.857. The van der Waals surface area contributed by atoms with Gasteiger partial charge in [-0.15, -0.1) is 0 Å². The minimum Gasteiger partial charge on any atom is -0.350 e. The zero-order chi connectivity index (χ0) is 15.4. The fourth-order valence-corrected chi connectivity index (χ4v) is 1.50. The molecule has 1 atom stereocenters. The zero-order valence-corrected chi connectivity index (χ0v) is 13.5. The molecule has 1 unspecified atom stereocenters. The van der Waals surface area contributed by atoms with Crippen molar-refractivity contribution < 1.29 is 9.59 Å². The molecule has 0 spiro atoms. The maximum absolute atomic E-state index is 12.0. The van der Waals surface area contributed by atoms with Crippen molar-refractivity contribution in [3.8, 4) is 0 Å². The van der Waals surface area contributed by atoms with Gasteiger partial charge in [-0.1, -0.05) is 0 Å². The van der Waals surface area contributed by atoms with E-state index >= 15 is 0 Å². The Hall–Kier alpha value is -1.10. The Morgan fingerprint density at radius 2 is 1.42 bits per heavy atom. The Labute approximate surface area is 117 Å². The number of hydrogen-bond donors (Lipinski definition) is 2. The van der Waals surface area contributed by atoms with E-state index in [9.17, 15) is 9.59 Å². The van der Waals surface area contributed by atoms with Crippen LogP contribution in [0.4, 0.5) is 0 Å². The summed E-state index contributed by atoms with van der Waals surface area (Å²) in [6.45, 7) is 13.6. The molecule has 0 aromatic rings. The van der Waals surface area contributed by atoms with Crippen LogP contribution in [0.1, 0.15) is 48.5 Å². The first-order valence-electron chi connectivity index (χ1n) is 6.65. The zero-order valence-electron chi connectivity index (χ0n) is 13.5. The lowest BCUT2D eigenvalue weighted by molar-refractivity contribution is -0.129. The third-order valence-electron chi connectivity index (χ3n) is 2.45. The summed E-state index contributed by atoms with van der Waals surface area (Å²) in [5.74, 6) is -0.149. The minimum atomic E-state index is -0.343. The second kappa shape index (κ2) is 6.37. The van der Waals surface area contributed by atoms with Crippen molar-refractivity contribution in [2.24, 2.45) is 0 Å². The highest BCUT2D eigenvalue weighted by Crippen LogP contribution is 2.03. The maximum atomic E-state index is 12.0. The number of amides is 2. The van der Waals surface area contributed by atoms with Crippen molar-refractivity contribution in [3.05, 3.63) is 0 Å². The highest BCUT2D eigenvalue weighted by atomic mass is 16.2. The smallest absolute Gasteiger partial charge is 0.237 e. The molecule has 0 aliphatic heterocycles. The lowest BCUT2D eigenvalue weighted by atomic mass is 10.1. The van der Waals surface area contributed by atoms with Crippen LogP contribution >= 0.6 is 0 Å². The van der Waals surface area contributed by atoms with Crippen LogP contribution in [-0.4, -0.2) is 47.4 Å². The molecule has 2 amide bonds. The molecule has 0 fully saturated rings. The summed E-state index contributed by atoms with van der Waals surface area (Å²) in [6, 6.07) is -0.343. The van der Waals surface area contributed by atoms with Gasteiger partial charge in [-0.3, -0.25) is 14.5 Å². The lowest BCUT2D eigenvalue weighted by Gasteiger charge is -2.29. The highest BCUT2D eigenvalue weighted by Gasteiger charge is 2.24. The van der Waals surface area contributed by atoms with Crippen molar-refractivity contribution in [2.45, 2.75) is 65.6 Å². The summed E-state index contributed by atoms with van der Waals surface area (Å²) in [4.78, 5) is 25.5. The van der Waals surface area contributed by atoms with E-state index in [2.05, 4.69) is 10.6 Å². The molecule has 0 saturated carbocycles. The summed E-state index contributed by atoms with van der Waals surface area (Å²) < 4.78 is 0. The van der Waals surface area contributed by atoms with Crippen LogP contribution in [0, 0.1) is 0 Å². The first kappa shape index (κ1) is 17.9. The molecular weight excluding hydrogens is 242 g/mol. The molecule has 19 heavy (non-hydrogen) atoms. The molecule has 0 rings (SSSR count). The van der Waals surface area contributed by atoms with Crippen LogP contribution < -0.4 is 10.6 Å². The quantitative estimate of drug-likeness (QED) is 0.806. The van der Waals surface area contributed by atoms with E-state index in [4.69, 9.17) is 0 Å². The summed E-state index contributed by atoms with van der Waals surface area (Å²) in [7, 11) is 1.77. The molecule has 0 saturated heterocycles. The average molecular weight is 271 g/mol. The molecule has 0 aliphatic rings. The number of likely N-dealkylation sites (N-methyl/N-ethyl adjacent to an activating group) is 1. The second-order valence-corrected chi connectivity index (χ2v) is 7.13. The number of nitrogens with zero attached hydrogens (tertiary/aromatic N) is 1. The lowest BCUT2D eigenvalue weighted by Crippen LogP contribution is -2.53. The van der Waals surface area contributed by atoms with E-state index in [1.54, 1.807) is 18.9 Å². The standard InChI is InChI=1S/C14H29N3O2/c1-10(12(19)16-14(5,6)7)17(8)9-11(18)15-13(2,3)4/h10H,9H2,1-8H3,(H,15,18)(H,16,19). The Balaban J connectivity index is 4.38. The molecule has 5 heteroatoms. The summed E-state index contributed by atoms with van der Waals surface area (Å²) in [5.41, 5.74) is -0.519. The highest BCUT2D eigenvalue weighted by molar-refractivity contribution is 5.83. The van der Waals surface area contributed by atoms with Gasteiger partial charge in [0.1, 0.15) is 0 Å². The van der Waals surface area contributed by atoms with Crippen molar-refractivity contribution >= 4 is 11.8 Å². The number of rotatable bonds is 4. The van der Waals surface area contributed by atoms with Gasteiger partial charge in [0.2, 0.25) is 11.8 Å². The molecule has 0 bridgehead atoms. The second-order valence-electron chi connectivity index (χ2n) is 7.13. The van der Waals surface area contributed by atoms with Crippen LogP contribution in [0.2, 0.25) is 0 Å². The summed E-state index contributed by atoms with van der Waals surface area (Å²) in [6.07, 6.45) is 0. The van der Waals surface area contributed by atoms with Gasteiger partial charge < -0.3 is 10.6 Å². The van der Waals surface area contributed by atoms with E-state index in [1.165, 1.54) is 0 Å². The first-order valence-corrected chi connectivity index (χ1v) is 6.65. The fourth-order valence-electron chi connectivity index (χ4n) is 1.50. The Morgan fingerprint density at radius 3 is 1.79 bits per heavy atom. The number of carbonyl (C=O) groups excluding carboxylic acids is 2. The molecule has 0 aromatic carbocycles. The predicted octanol–water partition coefficient (Wildman–Crippen LogP) is 1.14. The van der Waals surface area contributed by atoms with Crippen LogP contribution in [0.25, 0.3) is 0 Å². The van der Waals surface area contributed by atoms with E-state index in [0.717, 1.165) is 0 Å². The van der Waals surface area contributed by atoms with Gasteiger partial charge >= 0.3 is 0 Å². The number of carbonyl (C=O) groups is 2. The Kier molecular flexibility index (Phi) is 6.00. The molecule has 0 aliphatic carbocycles. The monoisotopic (exact) mass is 271 g/mol. The van der Waals surface area contributed by atoms with E-state index in [-0.39, 0.29) is 35.5 Å². The van der Waals surface area contributed by atoms with Gasteiger partial charge in [0, 0.05) is 11.1 Å².